The zero-order valence-corrected chi connectivity index (χ0v) is 8.94. The summed E-state index contributed by atoms with van der Waals surface area (Å²) < 4.78 is 0. The average Bonchev–Trinajstić information content (AvgIpc) is 2.65. The van der Waals surface area contributed by atoms with Gasteiger partial charge in [-0.05, 0) is 25.0 Å². The average molecular weight is 204 g/mol. The van der Waals surface area contributed by atoms with Crippen LogP contribution < -0.4 is 5.73 Å². The van der Waals surface area contributed by atoms with E-state index in [9.17, 15) is 4.79 Å². The van der Waals surface area contributed by atoms with E-state index in [1.54, 1.807) is 0 Å². The topological polar surface area (TPSA) is 46.3 Å². The van der Waals surface area contributed by atoms with Gasteiger partial charge in [-0.15, -0.1) is 0 Å². The molecular weight excluding hydrogens is 188 g/mol. The molecule has 0 unspecified atom stereocenters. The van der Waals surface area contributed by atoms with Gasteiger partial charge in [0.2, 0.25) is 0 Å². The number of carbonyl (C=O) groups is 1. The van der Waals surface area contributed by atoms with Crippen molar-refractivity contribution in [3.63, 3.8) is 0 Å². The molecule has 1 aromatic rings. The summed E-state index contributed by atoms with van der Waals surface area (Å²) in [6.45, 7) is 3.44. The number of carbonyl (C=O) groups excluding carboxylic acids is 1. The fourth-order valence-corrected chi connectivity index (χ4v) is 1.95. The van der Waals surface area contributed by atoms with Crippen LogP contribution in [0.3, 0.4) is 0 Å². The second-order valence-corrected chi connectivity index (χ2v) is 4.11. The summed E-state index contributed by atoms with van der Waals surface area (Å²) in [6.07, 6.45) is 0.914. The van der Waals surface area contributed by atoms with Crippen molar-refractivity contribution >= 4 is 5.91 Å². The number of hydrogen-bond donors (Lipinski definition) is 1. The van der Waals surface area contributed by atoms with Gasteiger partial charge in [-0.2, -0.15) is 0 Å². The zero-order valence-electron chi connectivity index (χ0n) is 8.94. The Kier molecular flexibility index (Phi) is 2.73. The quantitative estimate of drug-likeness (QED) is 0.746. The largest absolute Gasteiger partial charge is 0.337 e. The SMILES string of the molecule is Cc1ccccc1C(=O)N1CC[C@@H](N)C1. The maximum atomic E-state index is 12.1. The molecule has 0 bridgehead atoms. The Morgan fingerprint density at radius 2 is 2.20 bits per heavy atom. The molecule has 1 fully saturated rings. The molecule has 0 radical (unpaired) electrons. The molecule has 0 aliphatic carbocycles. The Hall–Kier alpha value is -1.35. The molecule has 3 heteroatoms. The van der Waals surface area contributed by atoms with Crippen molar-refractivity contribution in [2.75, 3.05) is 13.1 Å². The molecule has 80 valence electrons. The lowest BCUT2D eigenvalue weighted by molar-refractivity contribution is 0.0790. The van der Waals surface area contributed by atoms with Crippen LogP contribution in [0.5, 0.6) is 0 Å². The fraction of sp³-hybridized carbons (Fsp3) is 0.417. The minimum Gasteiger partial charge on any atom is -0.337 e. The highest BCUT2D eigenvalue weighted by molar-refractivity contribution is 5.95. The van der Waals surface area contributed by atoms with Crippen molar-refractivity contribution in [2.45, 2.75) is 19.4 Å². The van der Waals surface area contributed by atoms with Crippen LogP contribution in [-0.2, 0) is 0 Å². The third-order valence-electron chi connectivity index (χ3n) is 2.89. The van der Waals surface area contributed by atoms with Crippen molar-refractivity contribution in [2.24, 2.45) is 5.73 Å². The Bertz CT molecular complexity index is 376. The van der Waals surface area contributed by atoms with E-state index >= 15 is 0 Å². The van der Waals surface area contributed by atoms with Crippen LogP contribution in [0.4, 0.5) is 0 Å². The highest BCUT2D eigenvalue weighted by Gasteiger charge is 2.24. The van der Waals surface area contributed by atoms with Crippen LogP contribution in [0.1, 0.15) is 22.3 Å². The van der Waals surface area contributed by atoms with Gasteiger partial charge in [-0.1, -0.05) is 18.2 Å². The van der Waals surface area contributed by atoms with Crippen LogP contribution in [0.15, 0.2) is 24.3 Å². The number of amides is 1. The molecular formula is C12H16N2O. The second-order valence-electron chi connectivity index (χ2n) is 4.11. The molecule has 15 heavy (non-hydrogen) atoms. The van der Waals surface area contributed by atoms with Crippen LogP contribution in [-0.4, -0.2) is 29.9 Å². The molecule has 1 heterocycles. The predicted molar refractivity (Wildman–Crippen MR) is 59.7 cm³/mol. The second kappa shape index (κ2) is 4.03. The number of nitrogens with zero attached hydrogens (tertiary/aromatic N) is 1. The first-order chi connectivity index (χ1) is 7.18. The van der Waals surface area contributed by atoms with E-state index in [1.807, 2.05) is 36.1 Å². The standard InChI is InChI=1S/C12H16N2O/c1-9-4-2-3-5-11(9)12(15)14-7-6-10(13)8-14/h2-5,10H,6-8,13H2,1H3/t10-/m1/s1. The van der Waals surface area contributed by atoms with Crippen molar-refractivity contribution in [1.82, 2.24) is 4.90 Å². The third-order valence-corrected chi connectivity index (χ3v) is 2.89. The molecule has 1 aliphatic heterocycles. The van der Waals surface area contributed by atoms with E-state index < -0.39 is 0 Å². The lowest BCUT2D eigenvalue weighted by Crippen LogP contribution is -2.32. The minimum absolute atomic E-state index is 0.112. The summed E-state index contributed by atoms with van der Waals surface area (Å²) in [4.78, 5) is 13.9. The van der Waals surface area contributed by atoms with Gasteiger partial charge >= 0.3 is 0 Å². The maximum absolute atomic E-state index is 12.1. The van der Waals surface area contributed by atoms with Crippen LogP contribution in [0.2, 0.25) is 0 Å². The van der Waals surface area contributed by atoms with Crippen molar-refractivity contribution in [1.29, 1.82) is 0 Å². The number of aryl methyl sites for hydroxylation is 1. The van der Waals surface area contributed by atoms with Gasteiger partial charge in [0.25, 0.3) is 5.91 Å². The van der Waals surface area contributed by atoms with Gasteiger partial charge in [0.1, 0.15) is 0 Å². The van der Waals surface area contributed by atoms with E-state index in [0.29, 0.717) is 6.54 Å². The molecule has 0 aromatic heterocycles. The van der Waals surface area contributed by atoms with Gasteiger partial charge in [0.05, 0.1) is 0 Å². The van der Waals surface area contributed by atoms with Crippen molar-refractivity contribution in [3.05, 3.63) is 35.4 Å². The minimum atomic E-state index is 0.112. The zero-order chi connectivity index (χ0) is 10.8. The molecule has 1 amide bonds. The van der Waals surface area contributed by atoms with Crippen molar-refractivity contribution < 1.29 is 4.79 Å². The fourth-order valence-electron chi connectivity index (χ4n) is 1.95. The number of hydrogen-bond acceptors (Lipinski definition) is 2. The van der Waals surface area contributed by atoms with Crippen molar-refractivity contribution in [3.8, 4) is 0 Å². The lowest BCUT2D eigenvalue weighted by atomic mass is 10.1. The third kappa shape index (κ3) is 2.02. The number of rotatable bonds is 1. The first kappa shape index (κ1) is 10.2. The first-order valence-corrected chi connectivity index (χ1v) is 5.29. The summed E-state index contributed by atoms with van der Waals surface area (Å²) in [5.41, 5.74) is 7.61. The molecule has 1 aromatic carbocycles. The lowest BCUT2D eigenvalue weighted by Gasteiger charge is -2.16. The monoisotopic (exact) mass is 204 g/mol. The molecule has 2 rings (SSSR count). The summed E-state index contributed by atoms with van der Waals surface area (Å²) >= 11 is 0. The molecule has 1 saturated heterocycles. The summed E-state index contributed by atoms with van der Waals surface area (Å²) in [7, 11) is 0. The predicted octanol–water partition coefficient (Wildman–Crippen LogP) is 1.17. The van der Waals surface area contributed by atoms with E-state index in [-0.39, 0.29) is 11.9 Å². The maximum Gasteiger partial charge on any atom is 0.254 e. The van der Waals surface area contributed by atoms with E-state index in [1.165, 1.54) is 0 Å². The van der Waals surface area contributed by atoms with Gasteiger partial charge in [-0.3, -0.25) is 4.79 Å². The number of likely N-dealkylation sites (tertiary alicyclic amines) is 1. The first-order valence-electron chi connectivity index (χ1n) is 5.29. The number of benzene rings is 1. The van der Waals surface area contributed by atoms with Gasteiger partial charge < -0.3 is 10.6 Å². The highest BCUT2D eigenvalue weighted by Crippen LogP contribution is 2.14. The molecule has 1 atom stereocenters. The Labute approximate surface area is 89.9 Å². The van der Waals surface area contributed by atoms with Gasteiger partial charge in [-0.25, -0.2) is 0 Å². The highest BCUT2D eigenvalue weighted by atomic mass is 16.2. The molecule has 3 nitrogen and oxygen atoms in total. The Balaban J connectivity index is 2.18. The van der Waals surface area contributed by atoms with E-state index in [0.717, 1.165) is 24.1 Å². The smallest absolute Gasteiger partial charge is 0.254 e. The van der Waals surface area contributed by atoms with Crippen LogP contribution in [0.25, 0.3) is 0 Å². The molecule has 0 spiro atoms. The van der Waals surface area contributed by atoms with Gasteiger partial charge in [0, 0.05) is 24.7 Å². The molecule has 1 aliphatic rings. The molecule has 2 N–H and O–H groups in total. The van der Waals surface area contributed by atoms with Gasteiger partial charge in [0.15, 0.2) is 0 Å². The number of nitrogens with two attached hydrogens (primary N) is 1. The van der Waals surface area contributed by atoms with Crippen LogP contribution >= 0.6 is 0 Å². The summed E-state index contributed by atoms with van der Waals surface area (Å²) in [5.74, 6) is 0.112. The van der Waals surface area contributed by atoms with Crippen LogP contribution in [0, 0.1) is 6.92 Å². The Morgan fingerprint density at radius 3 is 2.80 bits per heavy atom. The van der Waals surface area contributed by atoms with E-state index in [2.05, 4.69) is 0 Å². The summed E-state index contributed by atoms with van der Waals surface area (Å²) in [6, 6.07) is 7.83. The summed E-state index contributed by atoms with van der Waals surface area (Å²) in [5, 5.41) is 0. The molecule has 0 saturated carbocycles. The Morgan fingerprint density at radius 1 is 1.47 bits per heavy atom. The normalized spacial score (nSPS) is 20.7. The van der Waals surface area contributed by atoms with E-state index in [4.69, 9.17) is 5.73 Å².